The second-order valence-corrected chi connectivity index (χ2v) is 5.08. The van der Waals surface area contributed by atoms with E-state index < -0.39 is 0 Å². The zero-order chi connectivity index (χ0) is 15.8. The van der Waals surface area contributed by atoms with Gasteiger partial charge in [0, 0.05) is 18.1 Å². The van der Waals surface area contributed by atoms with Crippen LogP contribution in [0.1, 0.15) is 5.69 Å². The first kappa shape index (κ1) is 15.7. The molecule has 114 valence electrons. The number of carbonyl (C=O) groups excluding carboxylic acids is 1. The fraction of sp³-hybridized carbons (Fsp3) is 0.200. The summed E-state index contributed by atoms with van der Waals surface area (Å²) in [6.07, 6.45) is 5.12. The summed E-state index contributed by atoms with van der Waals surface area (Å²) in [6.45, 7) is 0.586. The quantitative estimate of drug-likeness (QED) is 0.716. The number of nitrogens with one attached hydrogen (secondary N) is 3. The number of amides is 2. The summed E-state index contributed by atoms with van der Waals surface area (Å²) in [5.74, 6) is 3.05. The summed E-state index contributed by atoms with van der Waals surface area (Å²) in [5, 5.41) is 11.1. The van der Waals surface area contributed by atoms with Gasteiger partial charge >= 0.3 is 6.03 Å². The lowest BCUT2D eigenvalue weighted by Crippen LogP contribution is -2.28. The Morgan fingerprint density at radius 3 is 2.82 bits per heavy atom. The van der Waals surface area contributed by atoms with E-state index in [-0.39, 0.29) is 12.6 Å². The summed E-state index contributed by atoms with van der Waals surface area (Å²) < 4.78 is 5.26. The van der Waals surface area contributed by atoms with Crippen molar-refractivity contribution in [1.29, 1.82) is 0 Å². The highest BCUT2D eigenvalue weighted by Gasteiger charge is 2.04. The van der Waals surface area contributed by atoms with Crippen molar-refractivity contribution in [2.75, 3.05) is 24.3 Å². The summed E-state index contributed by atoms with van der Waals surface area (Å²) in [4.78, 5) is 16.1. The van der Waals surface area contributed by atoms with Gasteiger partial charge in [-0.3, -0.25) is 0 Å². The Balaban J connectivity index is 1.80. The van der Waals surface area contributed by atoms with Gasteiger partial charge in [0.25, 0.3) is 0 Å². The van der Waals surface area contributed by atoms with E-state index in [9.17, 15) is 4.79 Å². The number of nitrogens with zero attached hydrogens (tertiary/aromatic N) is 1. The Bertz CT molecular complexity index is 661. The molecule has 0 aliphatic heterocycles. The van der Waals surface area contributed by atoms with Crippen LogP contribution in [0.2, 0.25) is 0 Å². The fourth-order valence-corrected chi connectivity index (χ4v) is 2.28. The molecule has 3 N–H and O–H groups in total. The maximum atomic E-state index is 11.8. The van der Waals surface area contributed by atoms with Crippen molar-refractivity contribution >= 4 is 28.2 Å². The Labute approximate surface area is 132 Å². The zero-order valence-electron chi connectivity index (χ0n) is 12.1. The number of rotatable bonds is 6. The molecule has 0 saturated heterocycles. The van der Waals surface area contributed by atoms with Crippen LogP contribution in [0.15, 0.2) is 29.6 Å². The number of carbonyl (C=O) groups is 1. The summed E-state index contributed by atoms with van der Waals surface area (Å²) in [7, 11) is 1.81. The van der Waals surface area contributed by atoms with Crippen LogP contribution in [0.25, 0.3) is 0 Å². The lowest BCUT2D eigenvalue weighted by Gasteiger charge is -2.07. The van der Waals surface area contributed by atoms with E-state index in [1.54, 1.807) is 31.3 Å². The van der Waals surface area contributed by atoms with E-state index in [0.717, 1.165) is 10.8 Å². The van der Waals surface area contributed by atoms with Gasteiger partial charge < -0.3 is 20.7 Å². The average molecular weight is 316 g/mol. The van der Waals surface area contributed by atoms with Crippen LogP contribution in [0.3, 0.4) is 0 Å². The lowest BCUT2D eigenvalue weighted by atomic mass is 10.3. The van der Waals surface area contributed by atoms with Crippen LogP contribution in [0, 0.1) is 12.3 Å². The van der Waals surface area contributed by atoms with E-state index in [1.165, 1.54) is 11.3 Å². The number of hydrogen-bond acceptors (Lipinski definition) is 5. The van der Waals surface area contributed by atoms with Crippen LogP contribution in [-0.2, 0) is 6.54 Å². The molecule has 2 amide bonds. The van der Waals surface area contributed by atoms with E-state index in [1.807, 2.05) is 5.38 Å². The third-order valence-corrected chi connectivity index (χ3v) is 3.54. The molecule has 0 radical (unpaired) electrons. The topological polar surface area (TPSA) is 75.3 Å². The minimum Gasteiger partial charge on any atom is -0.481 e. The SMILES string of the molecule is C#CCOc1ccc(NC(=O)NCc2csc(NC)n2)cc1. The average Bonchev–Trinajstić information content (AvgIpc) is 3.00. The molecule has 1 aromatic heterocycles. The maximum absolute atomic E-state index is 11.8. The Morgan fingerprint density at radius 2 is 2.18 bits per heavy atom. The van der Waals surface area contributed by atoms with Gasteiger partial charge in [-0.25, -0.2) is 9.78 Å². The van der Waals surface area contributed by atoms with Crippen LogP contribution >= 0.6 is 11.3 Å². The number of ether oxygens (including phenoxy) is 1. The van der Waals surface area contributed by atoms with Crippen LogP contribution in [-0.4, -0.2) is 24.7 Å². The van der Waals surface area contributed by atoms with Gasteiger partial charge in [-0.15, -0.1) is 17.8 Å². The molecule has 0 fully saturated rings. The standard InChI is InChI=1S/C15H16N4O2S/c1-3-8-21-13-6-4-11(5-7-13)18-14(20)17-9-12-10-22-15(16-2)19-12/h1,4-7,10H,8-9H2,2H3,(H,16,19)(H2,17,18,20). The minimum atomic E-state index is -0.295. The van der Waals surface area contributed by atoms with Gasteiger partial charge in [0.15, 0.2) is 5.13 Å². The molecule has 0 unspecified atom stereocenters. The number of thiazole rings is 1. The monoisotopic (exact) mass is 316 g/mol. The third kappa shape index (κ3) is 4.68. The predicted octanol–water partition coefficient (Wildman–Crippen LogP) is 2.52. The summed E-state index contributed by atoms with van der Waals surface area (Å²) in [6, 6.07) is 6.68. The maximum Gasteiger partial charge on any atom is 0.319 e. The van der Waals surface area contributed by atoms with Crippen LogP contribution in [0.5, 0.6) is 5.75 Å². The highest BCUT2D eigenvalue weighted by Crippen LogP contribution is 2.16. The molecular weight excluding hydrogens is 300 g/mol. The first-order valence-corrected chi connectivity index (χ1v) is 7.42. The first-order chi connectivity index (χ1) is 10.7. The van der Waals surface area contributed by atoms with E-state index in [4.69, 9.17) is 11.2 Å². The third-order valence-electron chi connectivity index (χ3n) is 2.63. The number of anilines is 2. The van der Waals surface area contributed by atoms with Gasteiger partial charge in [-0.1, -0.05) is 5.92 Å². The molecular formula is C15H16N4O2S. The van der Waals surface area contributed by atoms with Gasteiger partial charge in [0.1, 0.15) is 12.4 Å². The summed E-state index contributed by atoms with van der Waals surface area (Å²) in [5.41, 5.74) is 1.47. The predicted molar refractivity (Wildman–Crippen MR) is 88.3 cm³/mol. The molecule has 0 aliphatic carbocycles. The number of hydrogen-bond donors (Lipinski definition) is 3. The molecule has 0 atom stereocenters. The molecule has 0 spiro atoms. The van der Waals surface area contributed by atoms with E-state index >= 15 is 0 Å². The number of aromatic nitrogens is 1. The Kier molecular flexibility index (Phi) is 5.63. The minimum absolute atomic E-state index is 0.218. The molecule has 2 rings (SSSR count). The number of terminal acetylenes is 1. The van der Waals surface area contributed by atoms with Gasteiger partial charge in [0.05, 0.1) is 12.2 Å². The normalized spacial score (nSPS) is 9.64. The Morgan fingerprint density at radius 1 is 1.41 bits per heavy atom. The second kappa shape index (κ2) is 7.90. The lowest BCUT2D eigenvalue weighted by molar-refractivity contribution is 0.251. The Hall–Kier alpha value is -2.72. The molecule has 2 aromatic rings. The second-order valence-electron chi connectivity index (χ2n) is 4.22. The zero-order valence-corrected chi connectivity index (χ0v) is 12.9. The highest BCUT2D eigenvalue weighted by atomic mass is 32.1. The molecule has 1 aromatic carbocycles. The molecule has 0 aliphatic rings. The number of urea groups is 1. The summed E-state index contributed by atoms with van der Waals surface area (Å²) >= 11 is 1.49. The molecule has 1 heterocycles. The van der Waals surface area contributed by atoms with Crippen molar-refractivity contribution in [2.24, 2.45) is 0 Å². The van der Waals surface area contributed by atoms with Crippen molar-refractivity contribution in [1.82, 2.24) is 10.3 Å². The number of benzene rings is 1. The molecule has 0 bridgehead atoms. The van der Waals surface area contributed by atoms with Gasteiger partial charge in [-0.2, -0.15) is 0 Å². The van der Waals surface area contributed by atoms with Crippen molar-refractivity contribution < 1.29 is 9.53 Å². The van der Waals surface area contributed by atoms with Crippen molar-refractivity contribution in [2.45, 2.75) is 6.54 Å². The van der Waals surface area contributed by atoms with Gasteiger partial charge in [0.2, 0.25) is 0 Å². The smallest absolute Gasteiger partial charge is 0.319 e. The van der Waals surface area contributed by atoms with E-state index in [2.05, 4.69) is 26.9 Å². The van der Waals surface area contributed by atoms with Crippen molar-refractivity contribution in [3.05, 3.63) is 35.3 Å². The van der Waals surface area contributed by atoms with Gasteiger partial charge in [-0.05, 0) is 24.3 Å². The van der Waals surface area contributed by atoms with Crippen LogP contribution in [0.4, 0.5) is 15.6 Å². The highest BCUT2D eigenvalue weighted by molar-refractivity contribution is 7.13. The van der Waals surface area contributed by atoms with Crippen molar-refractivity contribution in [3.8, 4) is 18.1 Å². The van der Waals surface area contributed by atoms with Crippen molar-refractivity contribution in [3.63, 3.8) is 0 Å². The first-order valence-electron chi connectivity index (χ1n) is 6.54. The fourth-order valence-electron chi connectivity index (χ4n) is 1.61. The van der Waals surface area contributed by atoms with Crippen LogP contribution < -0.4 is 20.7 Å². The molecule has 7 heteroatoms. The molecule has 22 heavy (non-hydrogen) atoms. The van der Waals surface area contributed by atoms with E-state index in [0.29, 0.717) is 18.0 Å². The largest absolute Gasteiger partial charge is 0.481 e. The molecule has 0 saturated carbocycles. The molecule has 6 nitrogen and oxygen atoms in total.